The molecule has 0 radical (unpaired) electrons. The van der Waals surface area contributed by atoms with Gasteiger partial charge in [-0.15, -0.1) is 0 Å². The largest absolute Gasteiger partial charge is 0.494 e. The summed E-state index contributed by atoms with van der Waals surface area (Å²) in [6, 6.07) is 7.82. The van der Waals surface area contributed by atoms with Crippen LogP contribution in [0, 0.1) is 6.92 Å². The topological polar surface area (TPSA) is 35.3 Å². The minimum absolute atomic E-state index is 0.680. The number of nitrogens with zero attached hydrogens (tertiary/aromatic N) is 1. The summed E-state index contributed by atoms with van der Waals surface area (Å²) in [7, 11) is 0. The highest BCUT2D eigenvalue weighted by Gasteiger charge is 2.02. The number of aromatic nitrogens is 1. The molecule has 1 heterocycles. The van der Waals surface area contributed by atoms with Crippen LogP contribution >= 0.6 is 0 Å². The van der Waals surface area contributed by atoms with Crippen molar-refractivity contribution in [2.75, 3.05) is 6.61 Å². The van der Waals surface area contributed by atoms with Gasteiger partial charge in [-0.25, -0.2) is 4.98 Å². The molecule has 0 fully saturated rings. The third-order valence-corrected chi connectivity index (χ3v) is 2.08. The van der Waals surface area contributed by atoms with Crippen LogP contribution in [0.2, 0.25) is 0 Å². The zero-order valence-corrected chi connectivity index (χ0v) is 8.86. The Bertz CT molecular complexity index is 431. The summed E-state index contributed by atoms with van der Waals surface area (Å²) in [4.78, 5) is 4.25. The van der Waals surface area contributed by atoms with Crippen LogP contribution in [0.5, 0.6) is 5.75 Å². The van der Waals surface area contributed by atoms with Gasteiger partial charge in [-0.1, -0.05) is 0 Å². The zero-order valence-electron chi connectivity index (χ0n) is 8.86. The molecule has 2 rings (SSSR count). The van der Waals surface area contributed by atoms with Crippen molar-refractivity contribution in [3.63, 3.8) is 0 Å². The van der Waals surface area contributed by atoms with E-state index in [-0.39, 0.29) is 0 Å². The standard InChI is InChI=1S/C12H13NO2/c1-3-14-11-6-4-10(5-7-11)12-8-15-9(2)13-12/h4-8H,3H2,1-2H3. The molecule has 0 saturated carbocycles. The number of ether oxygens (including phenoxy) is 1. The van der Waals surface area contributed by atoms with Crippen molar-refractivity contribution in [2.45, 2.75) is 13.8 Å². The highest BCUT2D eigenvalue weighted by Crippen LogP contribution is 2.21. The lowest BCUT2D eigenvalue weighted by Crippen LogP contribution is -1.90. The molecule has 0 aliphatic rings. The van der Waals surface area contributed by atoms with Crippen molar-refractivity contribution in [3.05, 3.63) is 36.4 Å². The fourth-order valence-corrected chi connectivity index (χ4v) is 1.38. The van der Waals surface area contributed by atoms with E-state index < -0.39 is 0 Å². The Morgan fingerprint density at radius 1 is 1.27 bits per heavy atom. The fraction of sp³-hybridized carbons (Fsp3) is 0.250. The van der Waals surface area contributed by atoms with E-state index in [1.807, 2.05) is 38.1 Å². The minimum atomic E-state index is 0.680. The summed E-state index contributed by atoms with van der Waals surface area (Å²) in [5, 5.41) is 0. The lowest BCUT2D eigenvalue weighted by atomic mass is 10.2. The Kier molecular flexibility index (Phi) is 2.72. The molecule has 15 heavy (non-hydrogen) atoms. The van der Waals surface area contributed by atoms with Crippen LogP contribution in [0.25, 0.3) is 11.3 Å². The second-order valence-corrected chi connectivity index (χ2v) is 3.21. The molecule has 0 bridgehead atoms. The smallest absolute Gasteiger partial charge is 0.191 e. The number of rotatable bonds is 3. The Labute approximate surface area is 88.7 Å². The van der Waals surface area contributed by atoms with Gasteiger partial charge in [-0.05, 0) is 31.2 Å². The lowest BCUT2D eigenvalue weighted by molar-refractivity contribution is 0.340. The molecule has 0 aliphatic heterocycles. The fourth-order valence-electron chi connectivity index (χ4n) is 1.38. The molecule has 78 valence electrons. The van der Waals surface area contributed by atoms with Gasteiger partial charge in [0, 0.05) is 12.5 Å². The third kappa shape index (κ3) is 2.18. The first-order chi connectivity index (χ1) is 7.29. The number of benzene rings is 1. The lowest BCUT2D eigenvalue weighted by Gasteiger charge is -2.02. The molecule has 0 saturated heterocycles. The second kappa shape index (κ2) is 4.17. The molecular formula is C12H13NO2. The van der Waals surface area contributed by atoms with Crippen molar-refractivity contribution >= 4 is 0 Å². The molecular weight excluding hydrogens is 190 g/mol. The van der Waals surface area contributed by atoms with E-state index in [0.29, 0.717) is 12.5 Å². The maximum atomic E-state index is 5.36. The van der Waals surface area contributed by atoms with Crippen LogP contribution in [0.1, 0.15) is 12.8 Å². The molecule has 1 aromatic heterocycles. The quantitative estimate of drug-likeness (QED) is 0.769. The van der Waals surface area contributed by atoms with Gasteiger partial charge in [0.1, 0.15) is 17.7 Å². The summed E-state index contributed by atoms with van der Waals surface area (Å²) in [6.07, 6.45) is 1.66. The molecule has 0 unspecified atom stereocenters. The van der Waals surface area contributed by atoms with Crippen LogP contribution in [-0.2, 0) is 0 Å². The van der Waals surface area contributed by atoms with Gasteiger partial charge in [-0.2, -0.15) is 0 Å². The monoisotopic (exact) mass is 203 g/mol. The van der Waals surface area contributed by atoms with E-state index in [1.165, 1.54) is 0 Å². The average Bonchev–Trinajstić information content (AvgIpc) is 2.67. The van der Waals surface area contributed by atoms with Gasteiger partial charge in [0.2, 0.25) is 0 Å². The van der Waals surface area contributed by atoms with Crippen LogP contribution in [0.3, 0.4) is 0 Å². The maximum Gasteiger partial charge on any atom is 0.191 e. The van der Waals surface area contributed by atoms with E-state index >= 15 is 0 Å². The third-order valence-electron chi connectivity index (χ3n) is 2.08. The number of aryl methyl sites for hydroxylation is 1. The van der Waals surface area contributed by atoms with Gasteiger partial charge >= 0.3 is 0 Å². The van der Waals surface area contributed by atoms with Gasteiger partial charge in [0.15, 0.2) is 5.89 Å². The molecule has 3 nitrogen and oxygen atoms in total. The summed E-state index contributed by atoms with van der Waals surface area (Å²) >= 11 is 0. The Morgan fingerprint density at radius 3 is 2.53 bits per heavy atom. The minimum Gasteiger partial charge on any atom is -0.494 e. The molecule has 3 heteroatoms. The van der Waals surface area contributed by atoms with Gasteiger partial charge in [0.25, 0.3) is 0 Å². The SMILES string of the molecule is CCOc1ccc(-c2coc(C)n2)cc1. The Hall–Kier alpha value is -1.77. The first kappa shape index (κ1) is 9.77. The average molecular weight is 203 g/mol. The van der Waals surface area contributed by atoms with Crippen molar-refractivity contribution < 1.29 is 9.15 Å². The molecule has 0 amide bonds. The summed E-state index contributed by atoms with van der Waals surface area (Å²) in [6.45, 7) is 4.48. The first-order valence-electron chi connectivity index (χ1n) is 4.95. The van der Waals surface area contributed by atoms with E-state index in [4.69, 9.17) is 9.15 Å². The number of hydrogen-bond acceptors (Lipinski definition) is 3. The summed E-state index contributed by atoms with van der Waals surface area (Å²) < 4.78 is 10.5. The first-order valence-corrected chi connectivity index (χ1v) is 4.95. The second-order valence-electron chi connectivity index (χ2n) is 3.21. The molecule has 2 aromatic rings. The Balaban J connectivity index is 2.23. The van der Waals surface area contributed by atoms with Crippen molar-refractivity contribution in [2.24, 2.45) is 0 Å². The van der Waals surface area contributed by atoms with Crippen molar-refractivity contribution in [1.82, 2.24) is 4.98 Å². The zero-order chi connectivity index (χ0) is 10.7. The summed E-state index contributed by atoms with van der Waals surface area (Å²) in [5.41, 5.74) is 1.89. The Morgan fingerprint density at radius 2 is 2.00 bits per heavy atom. The van der Waals surface area contributed by atoms with E-state index in [0.717, 1.165) is 17.0 Å². The van der Waals surface area contributed by atoms with Gasteiger partial charge in [-0.3, -0.25) is 0 Å². The van der Waals surface area contributed by atoms with E-state index in [1.54, 1.807) is 6.26 Å². The van der Waals surface area contributed by atoms with Crippen LogP contribution in [-0.4, -0.2) is 11.6 Å². The van der Waals surface area contributed by atoms with Crippen LogP contribution in [0.4, 0.5) is 0 Å². The highest BCUT2D eigenvalue weighted by atomic mass is 16.5. The van der Waals surface area contributed by atoms with Gasteiger partial charge < -0.3 is 9.15 Å². The normalized spacial score (nSPS) is 10.3. The molecule has 0 N–H and O–H groups in total. The molecule has 1 aromatic carbocycles. The van der Waals surface area contributed by atoms with Crippen LogP contribution < -0.4 is 4.74 Å². The van der Waals surface area contributed by atoms with Gasteiger partial charge in [0.05, 0.1) is 6.61 Å². The predicted octanol–water partition coefficient (Wildman–Crippen LogP) is 3.05. The van der Waals surface area contributed by atoms with E-state index in [2.05, 4.69) is 4.98 Å². The molecule has 0 aliphatic carbocycles. The highest BCUT2D eigenvalue weighted by molar-refractivity contribution is 5.58. The molecule has 0 spiro atoms. The van der Waals surface area contributed by atoms with Crippen molar-refractivity contribution in [1.29, 1.82) is 0 Å². The van der Waals surface area contributed by atoms with E-state index in [9.17, 15) is 0 Å². The van der Waals surface area contributed by atoms with Crippen molar-refractivity contribution in [3.8, 4) is 17.0 Å². The van der Waals surface area contributed by atoms with Crippen LogP contribution in [0.15, 0.2) is 34.9 Å². The number of oxazole rings is 1. The molecule has 0 atom stereocenters. The maximum absolute atomic E-state index is 5.36. The predicted molar refractivity (Wildman–Crippen MR) is 57.8 cm³/mol. The number of hydrogen-bond donors (Lipinski definition) is 0. The summed E-state index contributed by atoms with van der Waals surface area (Å²) in [5.74, 6) is 1.56.